The minimum atomic E-state index is -0.728. The molecule has 0 saturated carbocycles. The first-order valence-corrected chi connectivity index (χ1v) is 7.43. The minimum absolute atomic E-state index is 0.331. The summed E-state index contributed by atoms with van der Waals surface area (Å²) in [7, 11) is 1.56. The zero-order valence-electron chi connectivity index (χ0n) is 13.8. The van der Waals surface area contributed by atoms with E-state index in [0.717, 1.165) is 0 Å². The zero-order chi connectivity index (χ0) is 17.7. The van der Waals surface area contributed by atoms with Crippen molar-refractivity contribution in [3.63, 3.8) is 0 Å². The van der Waals surface area contributed by atoms with Crippen LogP contribution in [0.4, 0.5) is 5.69 Å². The molecule has 0 aliphatic rings. The maximum Gasteiger partial charge on any atom is 0.265 e. The Morgan fingerprint density at radius 1 is 1.12 bits per heavy atom. The van der Waals surface area contributed by atoms with Crippen molar-refractivity contribution in [1.29, 1.82) is 0 Å². The number of benzene rings is 2. The maximum atomic E-state index is 12.3. The van der Waals surface area contributed by atoms with Crippen LogP contribution < -0.4 is 20.5 Å². The predicted octanol–water partition coefficient (Wildman–Crippen LogP) is 2.51. The molecule has 0 saturated heterocycles. The van der Waals surface area contributed by atoms with Crippen LogP contribution in [0.5, 0.6) is 11.5 Å². The van der Waals surface area contributed by atoms with Crippen LogP contribution in [0.1, 0.15) is 22.8 Å². The Bertz CT molecular complexity index is 758. The molecule has 6 nitrogen and oxygen atoms in total. The largest absolute Gasteiger partial charge is 0.497 e. The van der Waals surface area contributed by atoms with E-state index in [4.69, 9.17) is 15.2 Å². The summed E-state index contributed by atoms with van der Waals surface area (Å²) >= 11 is 0. The molecule has 0 aliphatic carbocycles. The number of carbonyl (C=O) groups is 2. The molecule has 2 aromatic rings. The van der Waals surface area contributed by atoms with Crippen molar-refractivity contribution in [3.05, 3.63) is 53.6 Å². The molecule has 3 N–H and O–H groups in total. The molecule has 0 heterocycles. The summed E-state index contributed by atoms with van der Waals surface area (Å²) in [6.45, 7) is 3.37. The number of amides is 2. The summed E-state index contributed by atoms with van der Waals surface area (Å²) < 4.78 is 10.7. The van der Waals surface area contributed by atoms with E-state index in [2.05, 4.69) is 5.32 Å². The second kappa shape index (κ2) is 7.50. The first-order chi connectivity index (χ1) is 11.4. The molecule has 1 atom stereocenters. The Hall–Kier alpha value is -3.02. The molecule has 0 radical (unpaired) electrons. The van der Waals surface area contributed by atoms with Crippen LogP contribution >= 0.6 is 0 Å². The molecular weight excluding hydrogens is 308 g/mol. The molecule has 24 heavy (non-hydrogen) atoms. The quantitative estimate of drug-likeness (QED) is 0.852. The Morgan fingerprint density at radius 2 is 1.79 bits per heavy atom. The third-order valence-corrected chi connectivity index (χ3v) is 3.58. The Morgan fingerprint density at radius 3 is 2.46 bits per heavy atom. The van der Waals surface area contributed by atoms with Gasteiger partial charge in [-0.05, 0) is 43.7 Å². The van der Waals surface area contributed by atoms with E-state index in [9.17, 15) is 9.59 Å². The lowest BCUT2D eigenvalue weighted by molar-refractivity contribution is -0.122. The topological polar surface area (TPSA) is 90.7 Å². The van der Waals surface area contributed by atoms with Crippen molar-refractivity contribution in [1.82, 2.24) is 0 Å². The van der Waals surface area contributed by atoms with Gasteiger partial charge in [-0.2, -0.15) is 0 Å². The molecule has 2 amide bonds. The number of ether oxygens (including phenoxy) is 2. The maximum absolute atomic E-state index is 12.3. The molecule has 2 aromatic carbocycles. The van der Waals surface area contributed by atoms with Gasteiger partial charge in [-0.15, -0.1) is 0 Å². The van der Waals surface area contributed by atoms with Gasteiger partial charge in [-0.1, -0.05) is 12.1 Å². The van der Waals surface area contributed by atoms with E-state index < -0.39 is 12.0 Å². The number of methoxy groups -OCH3 is 1. The molecule has 2 rings (SSSR count). The van der Waals surface area contributed by atoms with E-state index >= 15 is 0 Å². The molecule has 6 heteroatoms. The SMILES string of the molecule is COc1cccc(OC(C)C(=O)Nc2cccc(C(N)=O)c2C)c1. The van der Waals surface area contributed by atoms with Crippen molar-refractivity contribution >= 4 is 17.5 Å². The average molecular weight is 328 g/mol. The van der Waals surface area contributed by atoms with Crippen molar-refractivity contribution in [2.75, 3.05) is 12.4 Å². The molecular formula is C18H20N2O4. The average Bonchev–Trinajstić information content (AvgIpc) is 2.56. The third-order valence-electron chi connectivity index (χ3n) is 3.58. The number of nitrogens with one attached hydrogen (secondary N) is 1. The van der Waals surface area contributed by atoms with E-state index in [0.29, 0.717) is 28.3 Å². The summed E-state index contributed by atoms with van der Waals surface area (Å²) in [4.78, 5) is 23.7. The molecule has 0 aromatic heterocycles. The van der Waals surface area contributed by atoms with Crippen molar-refractivity contribution in [2.45, 2.75) is 20.0 Å². The van der Waals surface area contributed by atoms with Gasteiger partial charge in [0.2, 0.25) is 5.91 Å². The lowest BCUT2D eigenvalue weighted by Gasteiger charge is -2.17. The van der Waals surface area contributed by atoms with Gasteiger partial charge in [0.1, 0.15) is 11.5 Å². The van der Waals surface area contributed by atoms with Gasteiger partial charge in [-0.3, -0.25) is 9.59 Å². The van der Waals surface area contributed by atoms with Gasteiger partial charge >= 0.3 is 0 Å². The second-order valence-electron chi connectivity index (χ2n) is 5.27. The summed E-state index contributed by atoms with van der Waals surface area (Å²) in [5, 5.41) is 2.75. The zero-order valence-corrected chi connectivity index (χ0v) is 13.8. The number of anilines is 1. The van der Waals surface area contributed by atoms with Crippen LogP contribution in [0.2, 0.25) is 0 Å². The highest BCUT2D eigenvalue weighted by Gasteiger charge is 2.17. The number of primary amides is 1. The van der Waals surface area contributed by atoms with Gasteiger partial charge in [0.25, 0.3) is 5.91 Å². The summed E-state index contributed by atoms with van der Waals surface area (Å²) in [6, 6.07) is 12.0. The highest BCUT2D eigenvalue weighted by Crippen LogP contribution is 2.22. The van der Waals surface area contributed by atoms with Crippen LogP contribution in [0.15, 0.2) is 42.5 Å². The third kappa shape index (κ3) is 4.04. The predicted molar refractivity (Wildman–Crippen MR) is 91.4 cm³/mol. The molecule has 0 bridgehead atoms. The first-order valence-electron chi connectivity index (χ1n) is 7.43. The minimum Gasteiger partial charge on any atom is -0.497 e. The number of hydrogen-bond acceptors (Lipinski definition) is 4. The van der Waals surface area contributed by atoms with Crippen LogP contribution in [-0.4, -0.2) is 25.0 Å². The molecule has 0 fully saturated rings. The second-order valence-corrected chi connectivity index (χ2v) is 5.27. The summed E-state index contributed by atoms with van der Waals surface area (Å²) in [6.07, 6.45) is -0.728. The number of nitrogens with two attached hydrogens (primary N) is 1. The van der Waals surface area contributed by atoms with Crippen molar-refractivity contribution in [3.8, 4) is 11.5 Å². The van der Waals surface area contributed by atoms with Crippen LogP contribution in [0.25, 0.3) is 0 Å². The van der Waals surface area contributed by atoms with E-state index in [1.54, 1.807) is 63.4 Å². The van der Waals surface area contributed by atoms with Crippen LogP contribution in [-0.2, 0) is 4.79 Å². The Labute approximate surface area is 140 Å². The summed E-state index contributed by atoms with van der Waals surface area (Å²) in [5.41, 5.74) is 6.83. The fourth-order valence-corrected chi connectivity index (χ4v) is 2.20. The fraction of sp³-hybridized carbons (Fsp3) is 0.222. The lowest BCUT2D eigenvalue weighted by Crippen LogP contribution is -2.30. The van der Waals surface area contributed by atoms with Crippen molar-refractivity contribution in [2.24, 2.45) is 5.73 Å². The van der Waals surface area contributed by atoms with Crippen LogP contribution in [0, 0.1) is 6.92 Å². The van der Waals surface area contributed by atoms with Gasteiger partial charge in [-0.25, -0.2) is 0 Å². The van der Waals surface area contributed by atoms with E-state index in [1.807, 2.05) is 0 Å². The molecule has 0 spiro atoms. The molecule has 1 unspecified atom stereocenters. The Kier molecular flexibility index (Phi) is 5.42. The van der Waals surface area contributed by atoms with Gasteiger partial charge in [0, 0.05) is 17.3 Å². The van der Waals surface area contributed by atoms with E-state index in [-0.39, 0.29) is 5.91 Å². The summed E-state index contributed by atoms with van der Waals surface area (Å²) in [5.74, 6) is 0.302. The van der Waals surface area contributed by atoms with Gasteiger partial charge < -0.3 is 20.5 Å². The molecule has 0 aliphatic heterocycles. The van der Waals surface area contributed by atoms with E-state index in [1.165, 1.54) is 0 Å². The monoisotopic (exact) mass is 328 g/mol. The Balaban J connectivity index is 2.09. The van der Waals surface area contributed by atoms with Gasteiger partial charge in [0.15, 0.2) is 6.10 Å². The van der Waals surface area contributed by atoms with Gasteiger partial charge in [0.05, 0.1) is 7.11 Å². The number of rotatable bonds is 6. The fourth-order valence-electron chi connectivity index (χ4n) is 2.20. The smallest absolute Gasteiger partial charge is 0.265 e. The normalized spacial score (nSPS) is 11.5. The van der Waals surface area contributed by atoms with Crippen LogP contribution in [0.3, 0.4) is 0 Å². The van der Waals surface area contributed by atoms with Crippen molar-refractivity contribution < 1.29 is 19.1 Å². The highest BCUT2D eigenvalue weighted by molar-refractivity contribution is 5.99. The lowest BCUT2D eigenvalue weighted by atomic mass is 10.1. The number of hydrogen-bond donors (Lipinski definition) is 2. The number of carbonyl (C=O) groups excluding carboxylic acids is 2. The first kappa shape index (κ1) is 17.3. The highest BCUT2D eigenvalue weighted by atomic mass is 16.5. The molecule has 126 valence electrons. The standard InChI is InChI=1S/C18H20N2O4/c1-11-15(17(19)21)8-5-9-16(11)20-18(22)12(2)24-14-7-4-6-13(10-14)23-3/h4-10,12H,1-3H3,(H2,19,21)(H,20,22).